The Morgan fingerprint density at radius 3 is 1.38 bits per heavy atom. The highest BCUT2D eigenvalue weighted by atomic mass is 16.5. The maximum Gasteiger partial charge on any atom is 0.312 e. The summed E-state index contributed by atoms with van der Waals surface area (Å²) in [5, 5.41) is 38.3. The number of benzene rings is 4. The molecule has 2 aliphatic heterocycles. The van der Waals surface area contributed by atoms with E-state index in [2.05, 4.69) is 0 Å². The molecule has 0 spiro atoms. The molecule has 0 aromatic heterocycles. The monoisotopic (exact) mass is 572 g/mol. The van der Waals surface area contributed by atoms with Gasteiger partial charge in [0.25, 0.3) is 0 Å². The summed E-state index contributed by atoms with van der Waals surface area (Å²) in [7, 11) is 2.94. The van der Waals surface area contributed by atoms with Gasteiger partial charge in [0.1, 0.15) is 23.0 Å². The third-order valence-electron chi connectivity index (χ3n) is 7.15. The average molecular weight is 573 g/mol. The first-order valence-electron chi connectivity index (χ1n) is 13.0. The molecule has 0 radical (unpaired) electrons. The molecule has 0 saturated carbocycles. The van der Waals surface area contributed by atoms with E-state index in [1.54, 1.807) is 48.5 Å². The number of aromatic hydroxyl groups is 4. The molecule has 4 aromatic carbocycles. The predicted molar refractivity (Wildman–Crippen MR) is 150 cm³/mol. The number of phenols is 4. The standard InChI is InChI=1S/2C16H14O5/c2*1-20-15-6-9(2-5-13(15)18)12-8-16(19)21-14-7-10(17)3-4-11(12)14/h2*2-7,12,17-18H,8H2,1H3/t2*12-/m10/s1. The molecule has 0 fully saturated rings. The van der Waals surface area contributed by atoms with Crippen LogP contribution in [0.4, 0.5) is 0 Å². The molecule has 0 aliphatic carbocycles. The zero-order valence-electron chi connectivity index (χ0n) is 22.7. The molecule has 0 amide bonds. The SMILES string of the molecule is COc1cc([C@@H]2CC(=O)Oc3cc(O)ccc32)ccc1O.COc1cc([C@H]2CC(=O)Oc3cc(O)ccc32)ccc1O. The fourth-order valence-corrected chi connectivity index (χ4v) is 5.10. The molecule has 2 atom stereocenters. The highest BCUT2D eigenvalue weighted by Crippen LogP contribution is 2.43. The van der Waals surface area contributed by atoms with E-state index in [0.29, 0.717) is 23.0 Å². The van der Waals surface area contributed by atoms with Crippen LogP contribution in [0.3, 0.4) is 0 Å². The number of carbonyl (C=O) groups is 2. The lowest BCUT2D eigenvalue weighted by molar-refractivity contribution is -0.136. The highest BCUT2D eigenvalue weighted by molar-refractivity contribution is 5.79. The average Bonchev–Trinajstić information content (AvgIpc) is 2.96. The van der Waals surface area contributed by atoms with Crippen molar-refractivity contribution in [3.63, 3.8) is 0 Å². The molecule has 42 heavy (non-hydrogen) atoms. The number of esters is 2. The van der Waals surface area contributed by atoms with Crippen LogP contribution in [0.25, 0.3) is 0 Å². The summed E-state index contributed by atoms with van der Waals surface area (Å²) in [5.74, 6) is 0.514. The molecule has 10 nitrogen and oxygen atoms in total. The van der Waals surface area contributed by atoms with Crippen LogP contribution in [0.15, 0.2) is 72.8 Å². The van der Waals surface area contributed by atoms with Gasteiger partial charge in [0.2, 0.25) is 0 Å². The van der Waals surface area contributed by atoms with Gasteiger partial charge in [0.15, 0.2) is 23.0 Å². The van der Waals surface area contributed by atoms with E-state index in [9.17, 15) is 30.0 Å². The minimum Gasteiger partial charge on any atom is -0.508 e. The topological polar surface area (TPSA) is 152 Å². The summed E-state index contributed by atoms with van der Waals surface area (Å²) in [6.45, 7) is 0. The van der Waals surface area contributed by atoms with Crippen LogP contribution in [0, 0.1) is 0 Å². The Morgan fingerprint density at radius 1 is 0.595 bits per heavy atom. The van der Waals surface area contributed by atoms with Crippen LogP contribution in [0.2, 0.25) is 0 Å². The number of ether oxygens (including phenoxy) is 4. The summed E-state index contributed by atoms with van der Waals surface area (Å²) in [5.41, 5.74) is 3.32. The molecular formula is C32H28O10. The molecule has 2 heterocycles. The van der Waals surface area contributed by atoms with Crippen molar-refractivity contribution in [2.75, 3.05) is 14.2 Å². The molecule has 10 heteroatoms. The van der Waals surface area contributed by atoms with E-state index in [0.717, 1.165) is 22.3 Å². The Morgan fingerprint density at radius 2 is 1.00 bits per heavy atom. The van der Waals surface area contributed by atoms with Crippen molar-refractivity contribution in [3.05, 3.63) is 95.1 Å². The number of phenolic OH excluding ortho intramolecular Hbond substituents is 4. The lowest BCUT2D eigenvalue weighted by atomic mass is 9.86. The predicted octanol–water partition coefficient (Wildman–Crippen LogP) is 5.09. The van der Waals surface area contributed by atoms with E-state index in [1.807, 2.05) is 0 Å². The van der Waals surface area contributed by atoms with Crippen LogP contribution >= 0.6 is 0 Å². The van der Waals surface area contributed by atoms with Gasteiger partial charge >= 0.3 is 11.9 Å². The van der Waals surface area contributed by atoms with E-state index < -0.39 is 0 Å². The third-order valence-corrected chi connectivity index (χ3v) is 7.15. The smallest absolute Gasteiger partial charge is 0.312 e. The number of fused-ring (bicyclic) bond motifs is 2. The normalized spacial score (nSPS) is 17.0. The van der Waals surface area contributed by atoms with Crippen molar-refractivity contribution in [3.8, 4) is 46.0 Å². The zero-order valence-corrected chi connectivity index (χ0v) is 22.7. The van der Waals surface area contributed by atoms with Gasteiger partial charge in [-0.25, -0.2) is 0 Å². The molecule has 6 rings (SSSR count). The zero-order chi connectivity index (χ0) is 30.0. The first-order chi connectivity index (χ1) is 20.2. The van der Waals surface area contributed by atoms with Crippen LogP contribution in [0.5, 0.6) is 46.0 Å². The van der Waals surface area contributed by atoms with Gasteiger partial charge in [0, 0.05) is 35.1 Å². The molecule has 4 N–H and O–H groups in total. The molecule has 0 unspecified atom stereocenters. The molecule has 4 aromatic rings. The van der Waals surface area contributed by atoms with Crippen molar-refractivity contribution in [1.29, 1.82) is 0 Å². The lowest BCUT2D eigenvalue weighted by Gasteiger charge is -2.25. The second-order valence-electron chi connectivity index (χ2n) is 9.77. The van der Waals surface area contributed by atoms with E-state index in [4.69, 9.17) is 18.9 Å². The van der Waals surface area contributed by atoms with Gasteiger partial charge in [-0.3, -0.25) is 9.59 Å². The quantitative estimate of drug-likeness (QED) is 0.192. The molecule has 0 bridgehead atoms. The van der Waals surface area contributed by atoms with E-state index in [-0.39, 0.29) is 59.6 Å². The fourth-order valence-electron chi connectivity index (χ4n) is 5.10. The Bertz CT molecular complexity index is 1540. The second-order valence-corrected chi connectivity index (χ2v) is 9.77. The largest absolute Gasteiger partial charge is 0.508 e. The van der Waals surface area contributed by atoms with Crippen molar-refractivity contribution in [2.24, 2.45) is 0 Å². The van der Waals surface area contributed by atoms with E-state index >= 15 is 0 Å². The molecule has 216 valence electrons. The highest BCUT2D eigenvalue weighted by Gasteiger charge is 2.30. The van der Waals surface area contributed by atoms with Gasteiger partial charge < -0.3 is 39.4 Å². The number of hydrogen-bond acceptors (Lipinski definition) is 10. The fraction of sp³-hybridized carbons (Fsp3) is 0.188. The number of rotatable bonds is 4. The summed E-state index contributed by atoms with van der Waals surface area (Å²) in [6.07, 6.45) is 0.400. The number of carbonyl (C=O) groups excluding carboxylic acids is 2. The van der Waals surface area contributed by atoms with Crippen LogP contribution < -0.4 is 18.9 Å². The van der Waals surface area contributed by atoms with Gasteiger partial charge in [-0.1, -0.05) is 24.3 Å². The summed E-state index contributed by atoms with van der Waals surface area (Å²) in [6, 6.07) is 19.4. The second kappa shape index (κ2) is 11.6. The number of hydrogen-bond donors (Lipinski definition) is 4. The Labute approximate surface area is 240 Å². The summed E-state index contributed by atoms with van der Waals surface area (Å²) >= 11 is 0. The van der Waals surface area contributed by atoms with Gasteiger partial charge in [0.05, 0.1) is 27.1 Å². The third kappa shape index (κ3) is 5.73. The Kier molecular flexibility index (Phi) is 7.79. The Balaban J connectivity index is 0.000000168. The van der Waals surface area contributed by atoms with E-state index in [1.165, 1.54) is 38.5 Å². The minimum absolute atomic E-state index is 0.0467. The van der Waals surface area contributed by atoms with Gasteiger partial charge in [-0.05, 0) is 47.5 Å². The minimum atomic E-state index is -0.356. The molecule has 0 saturated heterocycles. The summed E-state index contributed by atoms with van der Waals surface area (Å²) < 4.78 is 20.5. The first kappa shape index (κ1) is 28.2. The van der Waals surface area contributed by atoms with Crippen molar-refractivity contribution in [2.45, 2.75) is 24.7 Å². The maximum absolute atomic E-state index is 11.8. The van der Waals surface area contributed by atoms with Gasteiger partial charge in [-0.15, -0.1) is 0 Å². The molecular weight excluding hydrogens is 544 g/mol. The van der Waals surface area contributed by atoms with Gasteiger partial charge in [-0.2, -0.15) is 0 Å². The first-order valence-corrected chi connectivity index (χ1v) is 13.0. The van der Waals surface area contributed by atoms with Crippen LogP contribution in [0.1, 0.15) is 46.9 Å². The Hall–Kier alpha value is -5.38. The van der Waals surface area contributed by atoms with Crippen LogP contribution in [-0.4, -0.2) is 46.6 Å². The number of methoxy groups -OCH3 is 2. The summed E-state index contributed by atoms with van der Waals surface area (Å²) in [4.78, 5) is 23.5. The molecule has 2 aliphatic rings. The maximum atomic E-state index is 11.8. The van der Waals surface area contributed by atoms with Crippen molar-refractivity contribution in [1.82, 2.24) is 0 Å². The van der Waals surface area contributed by atoms with Crippen LogP contribution in [-0.2, 0) is 9.59 Å². The van der Waals surface area contributed by atoms with Crippen molar-refractivity contribution < 1.29 is 49.0 Å². The lowest BCUT2D eigenvalue weighted by Crippen LogP contribution is -2.20. The van der Waals surface area contributed by atoms with Crippen molar-refractivity contribution >= 4 is 11.9 Å².